The predicted octanol–water partition coefficient (Wildman–Crippen LogP) is 3.55. The molecule has 0 aromatic heterocycles. The number of hydrogen-bond donors (Lipinski definition) is 1. The van der Waals surface area contributed by atoms with E-state index in [4.69, 9.17) is 14.7 Å². The number of aryl methyl sites for hydroxylation is 1. The van der Waals surface area contributed by atoms with Crippen molar-refractivity contribution in [3.05, 3.63) is 59.2 Å². The maximum atomic E-state index is 11.3. The molecular formula is C21H24N2O3. The molecule has 0 bridgehead atoms. The first-order chi connectivity index (χ1) is 12.6. The summed E-state index contributed by atoms with van der Waals surface area (Å²) in [6.45, 7) is 5.49. The zero-order valence-electron chi connectivity index (χ0n) is 15.2. The summed E-state index contributed by atoms with van der Waals surface area (Å²) in [4.78, 5) is 11.3. The van der Waals surface area contributed by atoms with Crippen LogP contribution in [0, 0.1) is 18.3 Å². The Labute approximate surface area is 154 Å². The maximum absolute atomic E-state index is 11.3. The number of ether oxygens (including phenoxy) is 2. The van der Waals surface area contributed by atoms with Gasteiger partial charge in [-0.1, -0.05) is 35.9 Å². The zero-order valence-corrected chi connectivity index (χ0v) is 15.2. The van der Waals surface area contributed by atoms with Crippen molar-refractivity contribution in [2.75, 3.05) is 13.2 Å². The van der Waals surface area contributed by atoms with Gasteiger partial charge in [-0.3, -0.25) is 4.79 Å². The van der Waals surface area contributed by atoms with Gasteiger partial charge in [0.15, 0.2) is 11.5 Å². The first-order valence-corrected chi connectivity index (χ1v) is 8.70. The number of hydrogen-bond acceptors (Lipinski definition) is 4. The summed E-state index contributed by atoms with van der Waals surface area (Å²) in [6.07, 6.45) is 0.547. The fraction of sp³-hybridized carbons (Fsp3) is 0.333. The van der Waals surface area contributed by atoms with Gasteiger partial charge in [-0.25, -0.2) is 0 Å². The van der Waals surface area contributed by atoms with Gasteiger partial charge in [0.2, 0.25) is 5.91 Å². The van der Waals surface area contributed by atoms with E-state index in [0.29, 0.717) is 37.7 Å². The molecule has 0 spiro atoms. The number of carbonyl (C=O) groups excluding carboxylic acids is 1. The van der Waals surface area contributed by atoms with Crippen LogP contribution in [0.2, 0.25) is 0 Å². The van der Waals surface area contributed by atoms with Crippen LogP contribution in [-0.2, 0) is 17.8 Å². The molecule has 0 aliphatic rings. The molecule has 26 heavy (non-hydrogen) atoms. The first-order valence-electron chi connectivity index (χ1n) is 8.70. The van der Waals surface area contributed by atoms with Gasteiger partial charge in [0.1, 0.15) is 13.0 Å². The van der Waals surface area contributed by atoms with Crippen LogP contribution in [0.3, 0.4) is 0 Å². The molecule has 0 atom stereocenters. The molecule has 0 radical (unpaired) electrons. The van der Waals surface area contributed by atoms with Crippen molar-refractivity contribution >= 4 is 5.91 Å². The summed E-state index contributed by atoms with van der Waals surface area (Å²) in [7, 11) is 0. The number of nitrogens with zero attached hydrogens (tertiary/aromatic N) is 1. The van der Waals surface area contributed by atoms with E-state index in [9.17, 15) is 4.79 Å². The SMILES string of the molecule is CCOc1cc(CCNC(=O)CC#N)ccc1OCc1ccc(C)cc1. The number of rotatable bonds is 9. The minimum atomic E-state index is -0.254. The molecule has 1 N–H and O–H groups in total. The summed E-state index contributed by atoms with van der Waals surface area (Å²) >= 11 is 0. The van der Waals surface area contributed by atoms with E-state index in [-0.39, 0.29) is 12.3 Å². The molecule has 5 nitrogen and oxygen atoms in total. The Bertz CT molecular complexity index is 764. The number of amides is 1. The van der Waals surface area contributed by atoms with E-state index >= 15 is 0 Å². The highest BCUT2D eigenvalue weighted by atomic mass is 16.5. The van der Waals surface area contributed by atoms with Gasteiger partial charge >= 0.3 is 0 Å². The van der Waals surface area contributed by atoms with Crippen LogP contribution in [-0.4, -0.2) is 19.1 Å². The second-order valence-electron chi connectivity index (χ2n) is 5.92. The molecule has 0 heterocycles. The van der Waals surface area contributed by atoms with Crippen LogP contribution in [0.15, 0.2) is 42.5 Å². The van der Waals surface area contributed by atoms with Gasteiger partial charge in [0.25, 0.3) is 0 Å². The first kappa shape index (κ1) is 19.3. The van der Waals surface area contributed by atoms with Gasteiger partial charge in [0, 0.05) is 6.54 Å². The van der Waals surface area contributed by atoms with E-state index in [1.54, 1.807) is 0 Å². The molecule has 0 aliphatic heterocycles. The van der Waals surface area contributed by atoms with E-state index in [0.717, 1.165) is 11.1 Å². The van der Waals surface area contributed by atoms with Crippen LogP contribution in [0.1, 0.15) is 30.0 Å². The Morgan fingerprint density at radius 2 is 1.81 bits per heavy atom. The smallest absolute Gasteiger partial charge is 0.234 e. The lowest BCUT2D eigenvalue weighted by Crippen LogP contribution is -2.24. The molecule has 0 aliphatic carbocycles. The average Bonchev–Trinajstić information content (AvgIpc) is 2.63. The summed E-state index contributed by atoms with van der Waals surface area (Å²) in [6, 6.07) is 15.8. The second-order valence-corrected chi connectivity index (χ2v) is 5.92. The van der Waals surface area contributed by atoms with E-state index in [1.165, 1.54) is 5.56 Å². The van der Waals surface area contributed by atoms with Crippen molar-refractivity contribution in [3.63, 3.8) is 0 Å². The van der Waals surface area contributed by atoms with E-state index < -0.39 is 0 Å². The van der Waals surface area contributed by atoms with E-state index in [2.05, 4.69) is 24.4 Å². The molecule has 2 rings (SSSR count). The Balaban J connectivity index is 1.97. The third-order valence-corrected chi connectivity index (χ3v) is 3.80. The number of nitriles is 1. The summed E-state index contributed by atoms with van der Waals surface area (Å²) < 4.78 is 11.6. The van der Waals surface area contributed by atoms with Crippen LogP contribution in [0.5, 0.6) is 11.5 Å². The predicted molar refractivity (Wildman–Crippen MR) is 100 cm³/mol. The van der Waals surface area contributed by atoms with Crippen molar-refractivity contribution in [1.29, 1.82) is 5.26 Å². The lowest BCUT2D eigenvalue weighted by molar-refractivity contribution is -0.120. The quantitative estimate of drug-likeness (QED) is 0.749. The summed E-state index contributed by atoms with van der Waals surface area (Å²) in [5.74, 6) is 1.14. The van der Waals surface area contributed by atoms with Crippen molar-refractivity contribution in [2.24, 2.45) is 0 Å². The molecule has 0 unspecified atom stereocenters. The molecule has 136 valence electrons. The third kappa shape index (κ3) is 6.14. The lowest BCUT2D eigenvalue weighted by Gasteiger charge is -2.14. The molecule has 0 saturated carbocycles. The third-order valence-electron chi connectivity index (χ3n) is 3.80. The molecule has 1 amide bonds. The van der Waals surface area contributed by atoms with Gasteiger partial charge in [-0.05, 0) is 43.5 Å². The van der Waals surface area contributed by atoms with Gasteiger partial charge in [0.05, 0.1) is 12.7 Å². The van der Waals surface area contributed by atoms with Gasteiger partial charge < -0.3 is 14.8 Å². The average molecular weight is 352 g/mol. The zero-order chi connectivity index (χ0) is 18.8. The van der Waals surface area contributed by atoms with Crippen LogP contribution in [0.25, 0.3) is 0 Å². The highest BCUT2D eigenvalue weighted by Gasteiger charge is 2.08. The van der Waals surface area contributed by atoms with Crippen LogP contribution in [0.4, 0.5) is 0 Å². The number of carbonyl (C=O) groups is 1. The largest absolute Gasteiger partial charge is 0.490 e. The van der Waals surface area contributed by atoms with E-state index in [1.807, 2.05) is 43.3 Å². The van der Waals surface area contributed by atoms with Gasteiger partial charge in [-0.15, -0.1) is 0 Å². The monoisotopic (exact) mass is 352 g/mol. The highest BCUT2D eigenvalue weighted by Crippen LogP contribution is 2.29. The topological polar surface area (TPSA) is 71.3 Å². The second kappa shape index (κ2) is 10.1. The Hall–Kier alpha value is -3.00. The summed E-state index contributed by atoms with van der Waals surface area (Å²) in [5.41, 5.74) is 3.35. The number of benzene rings is 2. The van der Waals surface area contributed by atoms with Crippen molar-refractivity contribution in [3.8, 4) is 17.6 Å². The van der Waals surface area contributed by atoms with Crippen LogP contribution < -0.4 is 14.8 Å². The van der Waals surface area contributed by atoms with Gasteiger partial charge in [-0.2, -0.15) is 5.26 Å². The van der Waals surface area contributed by atoms with Crippen LogP contribution >= 0.6 is 0 Å². The normalized spacial score (nSPS) is 10.0. The molecule has 0 saturated heterocycles. The molecular weight excluding hydrogens is 328 g/mol. The standard InChI is InChI=1S/C21H24N2O3/c1-3-25-20-14-17(11-13-23-21(24)10-12-22)8-9-19(20)26-15-18-6-4-16(2)5-7-18/h4-9,14H,3,10-11,13,15H2,1-2H3,(H,23,24). The Morgan fingerprint density at radius 3 is 2.50 bits per heavy atom. The minimum absolute atomic E-state index is 0.115. The molecule has 2 aromatic rings. The molecule has 5 heteroatoms. The lowest BCUT2D eigenvalue weighted by atomic mass is 10.1. The minimum Gasteiger partial charge on any atom is -0.490 e. The Morgan fingerprint density at radius 1 is 1.08 bits per heavy atom. The molecule has 2 aromatic carbocycles. The maximum Gasteiger partial charge on any atom is 0.234 e. The molecule has 0 fully saturated rings. The van der Waals surface area contributed by atoms with Crippen molar-refractivity contribution < 1.29 is 14.3 Å². The fourth-order valence-corrected chi connectivity index (χ4v) is 2.42. The van der Waals surface area contributed by atoms with Crippen molar-refractivity contribution in [2.45, 2.75) is 33.3 Å². The highest BCUT2D eigenvalue weighted by molar-refractivity contribution is 5.77. The summed E-state index contributed by atoms with van der Waals surface area (Å²) in [5, 5.41) is 11.2. The van der Waals surface area contributed by atoms with Crippen molar-refractivity contribution in [1.82, 2.24) is 5.32 Å². The fourth-order valence-electron chi connectivity index (χ4n) is 2.42. The Kier molecular flexibility index (Phi) is 7.50. The number of nitrogens with one attached hydrogen (secondary N) is 1.